The first-order valence-corrected chi connectivity index (χ1v) is 10.5. The number of para-hydroxylation sites is 1. The average Bonchev–Trinajstić information content (AvgIpc) is 2.57. The predicted molar refractivity (Wildman–Crippen MR) is 109 cm³/mol. The number of carboxylic acid groups (broad SMARTS) is 1. The van der Waals surface area contributed by atoms with E-state index in [1.54, 1.807) is 30.3 Å². The summed E-state index contributed by atoms with van der Waals surface area (Å²) in [5, 5.41) is 17.9. The van der Waals surface area contributed by atoms with Gasteiger partial charge in [0.25, 0.3) is 0 Å². The topological polar surface area (TPSA) is 119 Å². The van der Waals surface area contributed by atoms with Crippen molar-refractivity contribution in [3.63, 3.8) is 0 Å². The zero-order chi connectivity index (χ0) is 20.2. The van der Waals surface area contributed by atoms with Crippen LogP contribution in [0.2, 0.25) is 0 Å². The molecule has 0 bridgehead atoms. The number of anilines is 1. The Morgan fingerprint density at radius 1 is 1.22 bits per heavy atom. The molecule has 0 aromatic heterocycles. The molecule has 10 heteroatoms. The average molecular weight is 429 g/mol. The minimum atomic E-state index is -4.35. The van der Waals surface area contributed by atoms with Crippen LogP contribution in [0.3, 0.4) is 0 Å². The van der Waals surface area contributed by atoms with Gasteiger partial charge in [-0.15, -0.1) is 25.3 Å². The summed E-state index contributed by atoms with van der Waals surface area (Å²) in [6, 6.07) is 8.46. The second kappa shape index (κ2) is 8.87. The molecule has 0 spiro atoms. The van der Waals surface area contributed by atoms with Gasteiger partial charge in [0.2, 0.25) is 10.0 Å². The van der Waals surface area contributed by atoms with Crippen molar-refractivity contribution >= 4 is 46.9 Å². The van der Waals surface area contributed by atoms with Crippen molar-refractivity contribution in [1.82, 2.24) is 0 Å². The number of primary sulfonamides is 1. The van der Waals surface area contributed by atoms with Gasteiger partial charge in [-0.3, -0.25) is 0 Å². The van der Waals surface area contributed by atoms with Crippen molar-refractivity contribution in [1.29, 1.82) is 0 Å². The molecule has 0 aliphatic rings. The van der Waals surface area contributed by atoms with Crippen molar-refractivity contribution in [2.45, 2.75) is 34.5 Å². The van der Waals surface area contributed by atoms with E-state index in [9.17, 15) is 18.3 Å². The largest absolute Gasteiger partial charge is 0.478 e. The molecule has 4 N–H and O–H groups in total. The minimum absolute atomic E-state index is 0.0157. The number of nitrogens with one attached hydrogen (secondary N) is 1. The number of aromatic carboxylic acids is 1. The van der Waals surface area contributed by atoms with Crippen LogP contribution < -0.4 is 15.2 Å². The maximum absolute atomic E-state index is 12.2. The lowest BCUT2D eigenvalue weighted by Crippen LogP contribution is -2.18. The second-order valence-electron chi connectivity index (χ2n) is 5.65. The van der Waals surface area contributed by atoms with Crippen molar-refractivity contribution < 1.29 is 23.1 Å². The van der Waals surface area contributed by atoms with Crippen LogP contribution in [-0.2, 0) is 10.0 Å². The summed E-state index contributed by atoms with van der Waals surface area (Å²) in [6.45, 7) is 2.45. The molecule has 27 heavy (non-hydrogen) atoms. The van der Waals surface area contributed by atoms with Gasteiger partial charge in [0.1, 0.15) is 10.6 Å². The number of hydrogen-bond donors (Lipinski definition) is 5. The molecule has 7 nitrogen and oxygen atoms in total. The first-order chi connectivity index (χ1) is 12.7. The van der Waals surface area contributed by atoms with E-state index in [0.717, 1.165) is 12.8 Å². The summed E-state index contributed by atoms with van der Waals surface area (Å²) in [7, 11) is -4.35. The highest BCUT2D eigenvalue weighted by atomic mass is 32.2. The molecular weight excluding hydrogens is 408 g/mol. The molecule has 0 unspecified atom stereocenters. The third-order valence-electron chi connectivity index (χ3n) is 3.65. The normalized spacial score (nSPS) is 11.3. The number of nitrogens with two attached hydrogens (primary N) is 1. The quantitative estimate of drug-likeness (QED) is 0.324. The van der Waals surface area contributed by atoms with Crippen LogP contribution in [-0.4, -0.2) is 26.0 Å². The first kappa shape index (κ1) is 21.4. The number of rotatable bonds is 8. The lowest BCUT2D eigenvalue weighted by Gasteiger charge is -2.21. The summed E-state index contributed by atoms with van der Waals surface area (Å²) in [5.74, 6) is -1.16. The number of sulfonamides is 1. The van der Waals surface area contributed by atoms with Crippen molar-refractivity contribution in [2.24, 2.45) is 5.14 Å². The SMILES string of the molecule is CCCCNc1c(S)c(C(=O)O)c(S)c(S(N)(=O)=O)c1Oc1ccccc1. The molecular formula is C17H20N2O5S3. The number of carbonyl (C=O) groups is 1. The first-order valence-electron chi connectivity index (χ1n) is 8.03. The molecule has 146 valence electrons. The lowest BCUT2D eigenvalue weighted by atomic mass is 10.1. The van der Waals surface area contributed by atoms with Crippen LogP contribution >= 0.6 is 25.3 Å². The minimum Gasteiger partial charge on any atom is -0.478 e. The van der Waals surface area contributed by atoms with E-state index < -0.39 is 20.9 Å². The Kier molecular flexibility index (Phi) is 7.04. The van der Waals surface area contributed by atoms with Gasteiger partial charge in [0.15, 0.2) is 5.75 Å². The van der Waals surface area contributed by atoms with Crippen LogP contribution in [0, 0.1) is 0 Å². The molecule has 0 fully saturated rings. The van der Waals surface area contributed by atoms with E-state index in [0.29, 0.717) is 12.3 Å². The molecule has 0 atom stereocenters. The number of benzene rings is 2. The van der Waals surface area contributed by atoms with Crippen LogP contribution in [0.1, 0.15) is 30.1 Å². The zero-order valence-electron chi connectivity index (χ0n) is 14.5. The number of unbranched alkanes of at least 4 members (excludes halogenated alkanes) is 1. The van der Waals surface area contributed by atoms with Crippen molar-refractivity contribution in [3.05, 3.63) is 35.9 Å². The highest BCUT2D eigenvalue weighted by Gasteiger charge is 2.31. The third kappa shape index (κ3) is 4.89. The van der Waals surface area contributed by atoms with Crippen molar-refractivity contribution in [2.75, 3.05) is 11.9 Å². The summed E-state index contributed by atoms with van der Waals surface area (Å²) in [4.78, 5) is 10.8. The molecule has 0 amide bonds. The van der Waals surface area contributed by atoms with Crippen LogP contribution in [0.15, 0.2) is 45.0 Å². The van der Waals surface area contributed by atoms with Crippen LogP contribution in [0.5, 0.6) is 11.5 Å². The Morgan fingerprint density at radius 2 is 1.85 bits per heavy atom. The molecule has 2 aromatic rings. The molecule has 0 saturated carbocycles. The Bertz CT molecular complexity index is 947. The molecule has 0 saturated heterocycles. The van der Waals surface area contributed by atoms with Gasteiger partial charge in [-0.2, -0.15) is 0 Å². The predicted octanol–water partition coefficient (Wildman–Crippen LogP) is 3.61. The Morgan fingerprint density at radius 3 is 2.37 bits per heavy atom. The number of ether oxygens (including phenoxy) is 1. The highest BCUT2D eigenvalue weighted by Crippen LogP contribution is 2.46. The van der Waals surface area contributed by atoms with E-state index in [-0.39, 0.29) is 26.8 Å². The molecule has 2 rings (SSSR count). The fourth-order valence-corrected chi connectivity index (χ4v) is 4.34. The highest BCUT2D eigenvalue weighted by molar-refractivity contribution is 7.90. The fraction of sp³-hybridized carbons (Fsp3) is 0.235. The zero-order valence-corrected chi connectivity index (χ0v) is 17.1. The summed E-state index contributed by atoms with van der Waals surface area (Å²) in [5.41, 5.74) is -0.236. The fourth-order valence-electron chi connectivity index (χ4n) is 2.40. The van der Waals surface area contributed by atoms with Gasteiger partial charge in [0, 0.05) is 16.3 Å². The summed E-state index contributed by atoms with van der Waals surface area (Å²) >= 11 is 8.40. The van der Waals surface area contributed by atoms with E-state index in [2.05, 4.69) is 30.6 Å². The monoisotopic (exact) mass is 428 g/mol. The standard InChI is InChI=1S/C17H20N2O5S3/c1-2-3-9-19-12-13(24-10-7-5-4-6-8-10)16(27(18,22)23)15(26)11(14(12)25)17(20)21/h4-8,19,25-26H,2-3,9H2,1H3,(H,20,21)(H2,18,22,23). The maximum Gasteiger partial charge on any atom is 0.338 e. The Balaban J connectivity index is 2.80. The number of carboxylic acids is 1. The third-order valence-corrected chi connectivity index (χ3v) is 5.66. The number of thiol groups is 2. The Labute approximate surface area is 168 Å². The molecule has 0 radical (unpaired) electrons. The lowest BCUT2D eigenvalue weighted by molar-refractivity contribution is 0.0688. The number of hydrogen-bond acceptors (Lipinski definition) is 7. The molecule has 0 aliphatic carbocycles. The van der Waals surface area contributed by atoms with Crippen molar-refractivity contribution in [3.8, 4) is 11.5 Å². The van der Waals surface area contributed by atoms with Gasteiger partial charge in [-0.05, 0) is 18.6 Å². The molecule has 2 aromatic carbocycles. The van der Waals surface area contributed by atoms with Crippen LogP contribution in [0.25, 0.3) is 0 Å². The van der Waals surface area contributed by atoms with Crippen LogP contribution in [0.4, 0.5) is 5.69 Å². The van der Waals surface area contributed by atoms with E-state index >= 15 is 0 Å². The molecule has 0 heterocycles. The summed E-state index contributed by atoms with van der Waals surface area (Å²) < 4.78 is 30.3. The van der Waals surface area contributed by atoms with Gasteiger partial charge < -0.3 is 15.2 Å². The van der Waals surface area contributed by atoms with E-state index in [1.807, 2.05) is 6.92 Å². The second-order valence-corrected chi connectivity index (χ2v) is 8.04. The van der Waals surface area contributed by atoms with Gasteiger partial charge in [-0.25, -0.2) is 18.4 Å². The molecule has 0 aliphatic heterocycles. The Hall–Kier alpha value is -1.88. The van der Waals surface area contributed by atoms with Gasteiger partial charge in [0.05, 0.1) is 11.3 Å². The van der Waals surface area contributed by atoms with Gasteiger partial charge >= 0.3 is 5.97 Å². The smallest absolute Gasteiger partial charge is 0.338 e. The van der Waals surface area contributed by atoms with E-state index in [4.69, 9.17) is 9.88 Å². The maximum atomic E-state index is 12.2. The summed E-state index contributed by atoms with van der Waals surface area (Å²) in [6.07, 6.45) is 1.65. The van der Waals surface area contributed by atoms with E-state index in [1.165, 1.54) is 0 Å². The van der Waals surface area contributed by atoms with Gasteiger partial charge in [-0.1, -0.05) is 31.5 Å².